The Morgan fingerprint density at radius 1 is 0.618 bits per heavy atom. The summed E-state index contributed by atoms with van der Waals surface area (Å²) in [5, 5.41) is 0. The van der Waals surface area contributed by atoms with Gasteiger partial charge in [-0.15, -0.1) is 0 Å². The second kappa shape index (κ2) is 19.5. The molecule has 0 saturated heterocycles. The number of hydrogen-bond donors (Lipinski definition) is 0. The van der Waals surface area contributed by atoms with E-state index in [0.717, 1.165) is 25.7 Å². The maximum atomic E-state index is 12.8. The zero-order valence-corrected chi connectivity index (χ0v) is 22.4. The van der Waals surface area contributed by atoms with Crippen molar-refractivity contribution in [2.45, 2.75) is 118 Å². The van der Waals surface area contributed by atoms with Gasteiger partial charge in [0.1, 0.15) is 0 Å². The molecule has 2 atom stereocenters. The van der Waals surface area contributed by atoms with E-state index in [4.69, 9.17) is 9.47 Å². The number of rotatable bonds is 20. The molecule has 0 heterocycles. The molecule has 0 aliphatic heterocycles. The van der Waals surface area contributed by atoms with Gasteiger partial charge in [-0.25, -0.2) is 9.59 Å². The van der Waals surface area contributed by atoms with Crippen molar-refractivity contribution >= 4 is 11.9 Å². The third kappa shape index (κ3) is 12.6. The molecular formula is C30H50O4. The van der Waals surface area contributed by atoms with Gasteiger partial charge in [0.15, 0.2) is 0 Å². The van der Waals surface area contributed by atoms with Crippen LogP contribution in [0.5, 0.6) is 0 Å². The molecule has 0 spiro atoms. The standard InChI is InChI=1S/C30H50O4/c1-5-9-11-13-15-19-25(7-3)23-33-29(31)27-21-17-18-22-28(27)30(32)34-24-26(8-4)20-16-14-12-10-6-2/h17-18,21-22,25-26H,5-16,19-20,23-24H2,1-4H3/t25-,26+. The van der Waals surface area contributed by atoms with E-state index in [1.165, 1.54) is 64.2 Å². The van der Waals surface area contributed by atoms with Crippen molar-refractivity contribution in [2.75, 3.05) is 13.2 Å². The molecule has 1 aromatic carbocycles. The fourth-order valence-electron chi connectivity index (χ4n) is 4.27. The lowest BCUT2D eigenvalue weighted by Gasteiger charge is -2.17. The third-order valence-corrected chi connectivity index (χ3v) is 6.85. The fourth-order valence-corrected chi connectivity index (χ4v) is 4.27. The second-order valence-electron chi connectivity index (χ2n) is 9.70. The van der Waals surface area contributed by atoms with E-state index in [9.17, 15) is 9.59 Å². The van der Waals surface area contributed by atoms with Crippen molar-refractivity contribution in [3.8, 4) is 0 Å². The second-order valence-corrected chi connectivity index (χ2v) is 9.70. The van der Waals surface area contributed by atoms with Crippen molar-refractivity contribution in [1.29, 1.82) is 0 Å². The maximum absolute atomic E-state index is 12.8. The first-order chi connectivity index (χ1) is 16.6. The van der Waals surface area contributed by atoms with Gasteiger partial charge in [0.25, 0.3) is 0 Å². The molecule has 34 heavy (non-hydrogen) atoms. The lowest BCUT2D eigenvalue weighted by Crippen LogP contribution is -2.19. The molecule has 1 rings (SSSR count). The summed E-state index contributed by atoms with van der Waals surface area (Å²) < 4.78 is 11.3. The Bertz CT molecular complexity index is 613. The number of esters is 2. The van der Waals surface area contributed by atoms with Gasteiger partial charge in [-0.05, 0) is 36.8 Å². The van der Waals surface area contributed by atoms with Crippen LogP contribution >= 0.6 is 0 Å². The monoisotopic (exact) mass is 474 g/mol. The highest BCUT2D eigenvalue weighted by molar-refractivity contribution is 6.03. The first-order valence-electron chi connectivity index (χ1n) is 14.0. The minimum absolute atomic E-state index is 0.304. The Kier molecular flexibility index (Phi) is 17.3. The molecule has 0 radical (unpaired) electrons. The minimum atomic E-state index is -0.431. The van der Waals surface area contributed by atoms with E-state index in [0.29, 0.717) is 36.2 Å². The van der Waals surface area contributed by atoms with E-state index >= 15 is 0 Å². The molecule has 194 valence electrons. The van der Waals surface area contributed by atoms with Crippen LogP contribution in [-0.2, 0) is 9.47 Å². The van der Waals surface area contributed by atoms with Crippen molar-refractivity contribution in [3.05, 3.63) is 35.4 Å². The topological polar surface area (TPSA) is 52.6 Å². The average Bonchev–Trinajstić information content (AvgIpc) is 2.87. The number of benzene rings is 1. The van der Waals surface area contributed by atoms with Crippen molar-refractivity contribution in [2.24, 2.45) is 11.8 Å². The first-order valence-corrected chi connectivity index (χ1v) is 14.0. The summed E-state index contributed by atoms with van der Waals surface area (Å²) in [6.45, 7) is 9.54. The number of ether oxygens (including phenoxy) is 2. The van der Waals surface area contributed by atoms with E-state index in [1.54, 1.807) is 24.3 Å². The predicted octanol–water partition coefficient (Wildman–Crippen LogP) is 8.77. The Balaban J connectivity index is 2.54. The van der Waals surface area contributed by atoms with Gasteiger partial charge in [-0.2, -0.15) is 0 Å². The summed E-state index contributed by atoms with van der Waals surface area (Å²) in [6, 6.07) is 6.86. The molecule has 1 aromatic rings. The highest BCUT2D eigenvalue weighted by atomic mass is 16.5. The lowest BCUT2D eigenvalue weighted by atomic mass is 9.98. The van der Waals surface area contributed by atoms with Gasteiger partial charge < -0.3 is 9.47 Å². The third-order valence-electron chi connectivity index (χ3n) is 6.85. The Morgan fingerprint density at radius 3 is 1.35 bits per heavy atom. The van der Waals surface area contributed by atoms with Crippen LogP contribution in [0.15, 0.2) is 24.3 Å². The molecule has 0 unspecified atom stereocenters. The summed E-state index contributed by atoms with van der Waals surface area (Å²) in [4.78, 5) is 25.6. The Labute approximate surface area is 209 Å². The summed E-state index contributed by atoms with van der Waals surface area (Å²) >= 11 is 0. The summed E-state index contributed by atoms with van der Waals surface area (Å²) in [6.07, 6.45) is 16.6. The minimum Gasteiger partial charge on any atom is -0.462 e. The predicted molar refractivity (Wildman–Crippen MR) is 141 cm³/mol. The Morgan fingerprint density at radius 2 is 1.00 bits per heavy atom. The molecule has 0 aromatic heterocycles. The molecule has 0 aliphatic rings. The zero-order chi connectivity index (χ0) is 25.0. The number of unbranched alkanes of at least 4 members (excludes halogenated alkanes) is 8. The van der Waals surface area contributed by atoms with Crippen LogP contribution in [0, 0.1) is 11.8 Å². The van der Waals surface area contributed by atoms with Crippen LogP contribution in [0.2, 0.25) is 0 Å². The SMILES string of the molecule is CCCCCCC[C@@H](CC)COC(=O)c1ccccc1C(=O)OC[C@@H](CC)CCCCCCC. The molecule has 0 saturated carbocycles. The smallest absolute Gasteiger partial charge is 0.339 e. The van der Waals surface area contributed by atoms with E-state index in [-0.39, 0.29) is 0 Å². The molecule has 4 heteroatoms. The lowest BCUT2D eigenvalue weighted by molar-refractivity contribution is 0.0381. The van der Waals surface area contributed by atoms with Crippen molar-refractivity contribution < 1.29 is 19.1 Å². The van der Waals surface area contributed by atoms with Crippen molar-refractivity contribution in [1.82, 2.24) is 0 Å². The molecule has 0 amide bonds. The normalized spacial score (nSPS) is 12.8. The largest absolute Gasteiger partial charge is 0.462 e. The number of carbonyl (C=O) groups excluding carboxylic acids is 2. The Hall–Kier alpha value is -1.84. The first kappa shape index (κ1) is 30.2. The van der Waals surface area contributed by atoms with Crippen LogP contribution in [0.25, 0.3) is 0 Å². The van der Waals surface area contributed by atoms with Gasteiger partial charge in [-0.1, -0.05) is 117 Å². The molecular weight excluding hydrogens is 424 g/mol. The molecule has 4 nitrogen and oxygen atoms in total. The fraction of sp³-hybridized carbons (Fsp3) is 0.733. The van der Waals surface area contributed by atoms with Crippen LogP contribution < -0.4 is 0 Å². The van der Waals surface area contributed by atoms with E-state index < -0.39 is 11.9 Å². The molecule has 0 aliphatic carbocycles. The summed E-state index contributed by atoms with van der Waals surface area (Å²) in [5.74, 6) is -0.125. The van der Waals surface area contributed by atoms with Crippen LogP contribution in [-0.4, -0.2) is 25.2 Å². The highest BCUT2D eigenvalue weighted by Gasteiger charge is 2.21. The van der Waals surface area contributed by atoms with Gasteiger partial charge in [0.05, 0.1) is 24.3 Å². The quantitative estimate of drug-likeness (QED) is 0.140. The van der Waals surface area contributed by atoms with Gasteiger partial charge in [0, 0.05) is 0 Å². The van der Waals surface area contributed by atoms with Crippen LogP contribution in [0.1, 0.15) is 138 Å². The van der Waals surface area contributed by atoms with Crippen molar-refractivity contribution in [3.63, 3.8) is 0 Å². The van der Waals surface area contributed by atoms with Gasteiger partial charge in [0.2, 0.25) is 0 Å². The van der Waals surface area contributed by atoms with Gasteiger partial charge >= 0.3 is 11.9 Å². The van der Waals surface area contributed by atoms with Gasteiger partial charge in [-0.3, -0.25) is 0 Å². The number of carbonyl (C=O) groups is 2. The van der Waals surface area contributed by atoms with E-state index in [1.807, 2.05) is 0 Å². The number of hydrogen-bond acceptors (Lipinski definition) is 4. The summed E-state index contributed by atoms with van der Waals surface area (Å²) in [5.41, 5.74) is 0.607. The molecule has 0 fully saturated rings. The molecule has 0 bridgehead atoms. The van der Waals surface area contributed by atoms with Crippen LogP contribution in [0.3, 0.4) is 0 Å². The maximum Gasteiger partial charge on any atom is 0.339 e. The average molecular weight is 475 g/mol. The van der Waals surface area contributed by atoms with Crippen LogP contribution in [0.4, 0.5) is 0 Å². The van der Waals surface area contributed by atoms with E-state index in [2.05, 4.69) is 27.7 Å². The highest BCUT2D eigenvalue weighted by Crippen LogP contribution is 2.19. The zero-order valence-electron chi connectivity index (χ0n) is 22.4. The molecule has 0 N–H and O–H groups in total. The summed E-state index contributed by atoms with van der Waals surface area (Å²) in [7, 11) is 0.